The van der Waals surface area contributed by atoms with Crippen LogP contribution in [0.5, 0.6) is 0 Å². The first-order valence-electron chi connectivity index (χ1n) is 8.87. The quantitative estimate of drug-likeness (QED) is 0.681. The Labute approximate surface area is 149 Å². The Morgan fingerprint density at radius 3 is 2.04 bits per heavy atom. The van der Waals surface area contributed by atoms with Crippen molar-refractivity contribution in [1.29, 1.82) is 5.26 Å². The molecule has 132 valence electrons. The van der Waals surface area contributed by atoms with Crippen LogP contribution < -0.4 is 4.90 Å². The first kappa shape index (κ1) is 18.7. The van der Waals surface area contributed by atoms with Gasteiger partial charge in [0, 0.05) is 25.8 Å². The molecule has 5 heteroatoms. The lowest BCUT2D eigenvalue weighted by atomic mass is 10.0. The summed E-state index contributed by atoms with van der Waals surface area (Å²) in [5, 5.41) is 9.22. The van der Waals surface area contributed by atoms with Gasteiger partial charge in [-0.25, -0.2) is 0 Å². The molecule has 2 rings (SSSR count). The number of unbranched alkanes of at least 4 members (excludes halogenated alkanes) is 2. The Hall–Kier alpha value is -2.61. The lowest BCUT2D eigenvalue weighted by Crippen LogP contribution is -2.26. The van der Waals surface area contributed by atoms with Gasteiger partial charge in [-0.1, -0.05) is 38.8 Å². The molecule has 1 heterocycles. The number of anilines is 1. The van der Waals surface area contributed by atoms with Gasteiger partial charge in [0.1, 0.15) is 11.6 Å². The molecule has 5 nitrogen and oxygen atoms in total. The highest BCUT2D eigenvalue weighted by molar-refractivity contribution is 6.37. The average Bonchev–Trinajstić information content (AvgIpc) is 2.85. The molecule has 0 saturated carbocycles. The van der Waals surface area contributed by atoms with Gasteiger partial charge in [-0.2, -0.15) is 5.26 Å². The van der Waals surface area contributed by atoms with Gasteiger partial charge in [0.2, 0.25) is 0 Å². The van der Waals surface area contributed by atoms with Gasteiger partial charge in [-0.3, -0.25) is 14.5 Å². The molecular formula is C20H25N3O2. The number of rotatable bonds is 8. The molecule has 1 aromatic rings. The summed E-state index contributed by atoms with van der Waals surface area (Å²) in [5.74, 6) is -0.942. The summed E-state index contributed by atoms with van der Waals surface area (Å²) in [7, 11) is 1.40. The minimum atomic E-state index is -0.529. The Morgan fingerprint density at radius 1 is 1.00 bits per heavy atom. The number of carbonyl (C=O) groups is 2. The van der Waals surface area contributed by atoms with Crippen molar-refractivity contribution in [2.24, 2.45) is 0 Å². The summed E-state index contributed by atoms with van der Waals surface area (Å²) in [5.41, 5.74) is 1.85. The second-order valence-corrected chi connectivity index (χ2v) is 6.27. The SMILES string of the molecule is CCCCN(CCCC)c1ccc(C2=C(C#N)C(=O)N(C)C2=O)cc1. The van der Waals surface area contributed by atoms with E-state index in [1.165, 1.54) is 7.05 Å². The topological polar surface area (TPSA) is 64.4 Å². The van der Waals surface area contributed by atoms with Crippen LogP contribution in [0.4, 0.5) is 5.69 Å². The van der Waals surface area contributed by atoms with Crippen LogP contribution in [0, 0.1) is 11.3 Å². The van der Waals surface area contributed by atoms with Gasteiger partial charge >= 0.3 is 0 Å². The summed E-state index contributed by atoms with van der Waals surface area (Å²) in [4.78, 5) is 27.6. The second-order valence-electron chi connectivity index (χ2n) is 6.27. The van der Waals surface area contributed by atoms with Crippen LogP contribution >= 0.6 is 0 Å². The zero-order valence-corrected chi connectivity index (χ0v) is 15.2. The van der Waals surface area contributed by atoms with Crippen LogP contribution in [0.15, 0.2) is 29.8 Å². The summed E-state index contributed by atoms with van der Waals surface area (Å²) in [6.45, 7) is 6.36. The molecule has 0 bridgehead atoms. The lowest BCUT2D eigenvalue weighted by molar-refractivity contribution is -0.135. The third kappa shape index (κ3) is 3.90. The van der Waals surface area contributed by atoms with Crippen molar-refractivity contribution in [2.45, 2.75) is 39.5 Å². The van der Waals surface area contributed by atoms with E-state index in [1.807, 2.05) is 30.3 Å². The fourth-order valence-electron chi connectivity index (χ4n) is 2.92. The molecule has 0 radical (unpaired) electrons. The average molecular weight is 339 g/mol. The Kier molecular flexibility index (Phi) is 6.35. The van der Waals surface area contributed by atoms with Gasteiger partial charge in [-0.15, -0.1) is 0 Å². The predicted molar refractivity (Wildman–Crippen MR) is 98.8 cm³/mol. The molecule has 0 N–H and O–H groups in total. The number of amides is 2. The normalized spacial score (nSPS) is 14.2. The van der Waals surface area contributed by atoms with Crippen LogP contribution in [0.25, 0.3) is 5.57 Å². The fraction of sp³-hybridized carbons (Fsp3) is 0.450. The third-order valence-corrected chi connectivity index (χ3v) is 4.48. The van der Waals surface area contributed by atoms with Gasteiger partial charge in [0.05, 0.1) is 5.57 Å². The lowest BCUT2D eigenvalue weighted by Gasteiger charge is -2.25. The van der Waals surface area contributed by atoms with E-state index < -0.39 is 11.8 Å². The largest absolute Gasteiger partial charge is 0.372 e. The van der Waals surface area contributed by atoms with Gasteiger partial charge in [0.25, 0.3) is 11.8 Å². The zero-order chi connectivity index (χ0) is 18.4. The van der Waals surface area contributed by atoms with E-state index in [0.717, 1.165) is 49.4 Å². The highest BCUT2D eigenvalue weighted by atomic mass is 16.2. The summed E-state index contributed by atoms with van der Waals surface area (Å²) in [6, 6.07) is 9.48. The number of nitrogens with zero attached hydrogens (tertiary/aromatic N) is 3. The number of carbonyl (C=O) groups excluding carboxylic acids is 2. The Balaban J connectivity index is 2.29. The van der Waals surface area contributed by atoms with Crippen molar-refractivity contribution in [3.8, 4) is 6.07 Å². The molecule has 0 unspecified atom stereocenters. The number of imide groups is 1. The van der Waals surface area contributed by atoms with Crippen molar-refractivity contribution in [3.05, 3.63) is 35.4 Å². The molecule has 0 saturated heterocycles. The zero-order valence-electron chi connectivity index (χ0n) is 15.2. The van der Waals surface area contributed by atoms with Gasteiger partial charge in [0.15, 0.2) is 0 Å². The molecule has 0 aromatic heterocycles. The molecular weight excluding hydrogens is 314 g/mol. The summed E-state index contributed by atoms with van der Waals surface area (Å²) < 4.78 is 0. The monoisotopic (exact) mass is 339 g/mol. The summed E-state index contributed by atoms with van der Waals surface area (Å²) >= 11 is 0. The highest BCUT2D eigenvalue weighted by Crippen LogP contribution is 2.29. The number of benzene rings is 1. The number of nitriles is 1. The molecule has 0 aliphatic carbocycles. The molecule has 0 spiro atoms. The van der Waals surface area contributed by atoms with E-state index in [0.29, 0.717) is 5.56 Å². The molecule has 2 amide bonds. The smallest absolute Gasteiger partial charge is 0.271 e. The maximum Gasteiger partial charge on any atom is 0.271 e. The first-order chi connectivity index (χ1) is 12.0. The van der Waals surface area contributed by atoms with Crippen LogP contribution in [-0.4, -0.2) is 36.9 Å². The number of hydrogen-bond donors (Lipinski definition) is 0. The van der Waals surface area contributed by atoms with E-state index in [2.05, 4.69) is 18.7 Å². The Morgan fingerprint density at radius 2 is 1.56 bits per heavy atom. The summed E-state index contributed by atoms with van der Waals surface area (Å²) in [6.07, 6.45) is 4.55. The van der Waals surface area contributed by atoms with E-state index in [1.54, 1.807) is 0 Å². The van der Waals surface area contributed by atoms with Crippen LogP contribution in [0.3, 0.4) is 0 Å². The maximum atomic E-state index is 12.3. The maximum absolute atomic E-state index is 12.3. The van der Waals surface area contributed by atoms with Crippen molar-refractivity contribution in [2.75, 3.05) is 25.0 Å². The molecule has 1 aliphatic heterocycles. The van der Waals surface area contributed by atoms with Crippen LogP contribution in [-0.2, 0) is 9.59 Å². The predicted octanol–water partition coefficient (Wildman–Crippen LogP) is 3.37. The molecule has 25 heavy (non-hydrogen) atoms. The molecule has 1 aromatic carbocycles. The Bertz CT molecular complexity index is 705. The van der Waals surface area contributed by atoms with E-state index >= 15 is 0 Å². The van der Waals surface area contributed by atoms with Gasteiger partial charge < -0.3 is 4.90 Å². The molecule has 0 atom stereocenters. The van der Waals surface area contributed by atoms with Crippen molar-refractivity contribution < 1.29 is 9.59 Å². The minimum Gasteiger partial charge on any atom is -0.372 e. The second kappa shape index (κ2) is 8.48. The van der Waals surface area contributed by atoms with Crippen molar-refractivity contribution >= 4 is 23.1 Å². The minimum absolute atomic E-state index is 0.0749. The van der Waals surface area contributed by atoms with Crippen LogP contribution in [0.1, 0.15) is 45.1 Å². The van der Waals surface area contributed by atoms with Crippen molar-refractivity contribution in [1.82, 2.24) is 4.90 Å². The molecule has 1 aliphatic rings. The standard InChI is InChI=1S/C20H25N3O2/c1-4-6-12-23(13-7-5-2)16-10-8-15(9-11-16)18-17(14-21)19(24)22(3)20(18)25/h8-11H,4-7,12-13H2,1-3H3. The third-order valence-electron chi connectivity index (χ3n) is 4.48. The van der Waals surface area contributed by atoms with Crippen molar-refractivity contribution in [3.63, 3.8) is 0 Å². The number of likely N-dealkylation sites (N-methyl/N-ethyl adjacent to an activating group) is 1. The van der Waals surface area contributed by atoms with E-state index in [-0.39, 0.29) is 11.1 Å². The van der Waals surface area contributed by atoms with Crippen LogP contribution in [0.2, 0.25) is 0 Å². The first-order valence-corrected chi connectivity index (χ1v) is 8.87. The van der Waals surface area contributed by atoms with E-state index in [9.17, 15) is 14.9 Å². The fourth-order valence-corrected chi connectivity index (χ4v) is 2.92. The molecule has 0 fully saturated rings. The van der Waals surface area contributed by atoms with Gasteiger partial charge in [-0.05, 0) is 30.5 Å². The number of hydrogen-bond acceptors (Lipinski definition) is 4. The highest BCUT2D eigenvalue weighted by Gasteiger charge is 2.36. The van der Waals surface area contributed by atoms with E-state index in [4.69, 9.17) is 0 Å².